The van der Waals surface area contributed by atoms with Crippen LogP contribution in [0.4, 0.5) is 5.82 Å². The van der Waals surface area contributed by atoms with E-state index in [4.69, 9.17) is 18.0 Å². The number of thiocarbonyl (C=S) groups is 1. The lowest BCUT2D eigenvalue weighted by atomic mass is 10.2. The summed E-state index contributed by atoms with van der Waals surface area (Å²) in [6.07, 6.45) is 3.17. The van der Waals surface area contributed by atoms with Crippen LogP contribution in [-0.2, 0) is 13.6 Å². The van der Waals surface area contributed by atoms with Gasteiger partial charge in [0.1, 0.15) is 10.7 Å². The van der Waals surface area contributed by atoms with Gasteiger partial charge in [-0.05, 0) is 13.8 Å². The molecule has 0 saturated carbocycles. The predicted molar refractivity (Wildman–Crippen MR) is 77.9 cm³/mol. The van der Waals surface area contributed by atoms with Crippen LogP contribution in [0.15, 0.2) is 12.4 Å². The zero-order valence-electron chi connectivity index (χ0n) is 11.1. The van der Waals surface area contributed by atoms with Crippen LogP contribution >= 0.6 is 12.2 Å². The molecule has 3 N–H and O–H groups in total. The molecule has 0 spiro atoms. The monoisotopic (exact) mass is 276 g/mol. The normalized spacial score (nSPS) is 10.5. The number of hydrogen-bond acceptors (Lipinski definition) is 5. The van der Waals surface area contributed by atoms with Gasteiger partial charge in [0, 0.05) is 37.2 Å². The fraction of sp³-hybridized carbons (Fsp3) is 0.333. The van der Waals surface area contributed by atoms with Gasteiger partial charge in [-0.25, -0.2) is 9.97 Å². The highest BCUT2D eigenvalue weighted by Crippen LogP contribution is 2.15. The Morgan fingerprint density at radius 1 is 1.37 bits per heavy atom. The lowest BCUT2D eigenvalue weighted by molar-refractivity contribution is 0.730. The molecule has 0 fully saturated rings. The maximum Gasteiger partial charge on any atom is 0.155 e. The van der Waals surface area contributed by atoms with Crippen LogP contribution in [0.1, 0.15) is 22.6 Å². The Labute approximate surface area is 117 Å². The average molecular weight is 276 g/mol. The average Bonchev–Trinajstić information content (AvgIpc) is 2.61. The SMILES string of the molecule is Cc1nn(C)c(C)c1CNc1nccnc1C(N)=S. The quantitative estimate of drug-likeness (QED) is 0.813. The smallest absolute Gasteiger partial charge is 0.155 e. The highest BCUT2D eigenvalue weighted by molar-refractivity contribution is 7.80. The molecule has 0 bridgehead atoms. The van der Waals surface area contributed by atoms with Crippen LogP contribution in [0, 0.1) is 13.8 Å². The lowest BCUT2D eigenvalue weighted by Gasteiger charge is -2.09. The summed E-state index contributed by atoms with van der Waals surface area (Å²) < 4.78 is 1.86. The highest BCUT2D eigenvalue weighted by atomic mass is 32.1. The summed E-state index contributed by atoms with van der Waals surface area (Å²) in [7, 11) is 1.93. The first-order valence-corrected chi connectivity index (χ1v) is 6.25. The van der Waals surface area contributed by atoms with E-state index in [1.165, 1.54) is 0 Å². The van der Waals surface area contributed by atoms with Crippen molar-refractivity contribution >= 4 is 23.0 Å². The molecule has 6 nitrogen and oxygen atoms in total. The molecule has 0 unspecified atom stereocenters. The molecular weight excluding hydrogens is 260 g/mol. The van der Waals surface area contributed by atoms with E-state index < -0.39 is 0 Å². The van der Waals surface area contributed by atoms with Crippen LogP contribution in [-0.4, -0.2) is 24.7 Å². The number of anilines is 1. The molecule has 0 amide bonds. The molecule has 0 atom stereocenters. The van der Waals surface area contributed by atoms with Gasteiger partial charge < -0.3 is 11.1 Å². The largest absolute Gasteiger partial charge is 0.388 e. The van der Waals surface area contributed by atoms with Crippen LogP contribution in [0.3, 0.4) is 0 Å². The maximum absolute atomic E-state index is 5.62. The second kappa shape index (κ2) is 5.31. The summed E-state index contributed by atoms with van der Waals surface area (Å²) in [5.41, 5.74) is 9.38. The molecule has 0 aliphatic rings. The van der Waals surface area contributed by atoms with E-state index in [1.54, 1.807) is 12.4 Å². The van der Waals surface area contributed by atoms with Crippen molar-refractivity contribution in [2.24, 2.45) is 12.8 Å². The molecule has 2 aromatic rings. The molecule has 0 aliphatic carbocycles. The van der Waals surface area contributed by atoms with Gasteiger partial charge in [-0.3, -0.25) is 4.68 Å². The fourth-order valence-electron chi connectivity index (χ4n) is 1.89. The van der Waals surface area contributed by atoms with Crippen molar-refractivity contribution in [2.45, 2.75) is 20.4 Å². The third-order valence-electron chi connectivity index (χ3n) is 3.02. The summed E-state index contributed by atoms with van der Waals surface area (Å²) >= 11 is 4.95. The zero-order valence-corrected chi connectivity index (χ0v) is 12.0. The highest BCUT2D eigenvalue weighted by Gasteiger charge is 2.11. The van der Waals surface area contributed by atoms with Crippen molar-refractivity contribution in [3.63, 3.8) is 0 Å². The van der Waals surface area contributed by atoms with E-state index in [1.807, 2.05) is 25.6 Å². The number of aromatic nitrogens is 4. The van der Waals surface area contributed by atoms with Gasteiger partial charge in [-0.1, -0.05) is 12.2 Å². The molecule has 0 saturated heterocycles. The first-order chi connectivity index (χ1) is 9.00. The number of nitrogens with zero attached hydrogens (tertiary/aromatic N) is 4. The molecule has 100 valence electrons. The molecule has 0 radical (unpaired) electrons. The van der Waals surface area contributed by atoms with Gasteiger partial charge in [0.2, 0.25) is 0 Å². The molecule has 7 heteroatoms. The van der Waals surface area contributed by atoms with Crippen molar-refractivity contribution in [1.29, 1.82) is 0 Å². The number of aryl methyl sites for hydroxylation is 2. The van der Waals surface area contributed by atoms with Crippen molar-refractivity contribution < 1.29 is 0 Å². The number of nitrogens with one attached hydrogen (secondary N) is 1. The summed E-state index contributed by atoms with van der Waals surface area (Å²) in [5, 5.41) is 7.58. The third-order valence-corrected chi connectivity index (χ3v) is 3.22. The molecule has 2 heterocycles. The second-order valence-electron chi connectivity index (χ2n) is 4.24. The van der Waals surface area contributed by atoms with Gasteiger partial charge >= 0.3 is 0 Å². The fourth-order valence-corrected chi connectivity index (χ4v) is 2.04. The number of nitrogens with two attached hydrogens (primary N) is 1. The van der Waals surface area contributed by atoms with E-state index in [0.717, 1.165) is 17.0 Å². The summed E-state index contributed by atoms with van der Waals surface area (Å²) in [6.45, 7) is 4.62. The van der Waals surface area contributed by atoms with Gasteiger partial charge in [-0.2, -0.15) is 5.10 Å². The minimum atomic E-state index is 0.232. The molecule has 0 aliphatic heterocycles. The van der Waals surface area contributed by atoms with E-state index in [-0.39, 0.29) is 4.99 Å². The Balaban J connectivity index is 2.22. The summed E-state index contributed by atoms with van der Waals surface area (Å²) in [5.74, 6) is 0.595. The van der Waals surface area contributed by atoms with Crippen molar-refractivity contribution in [2.75, 3.05) is 5.32 Å². The molecule has 19 heavy (non-hydrogen) atoms. The van der Waals surface area contributed by atoms with Gasteiger partial charge in [0.15, 0.2) is 5.82 Å². The predicted octanol–water partition coefficient (Wildman–Crippen LogP) is 1.07. The Morgan fingerprint density at radius 2 is 2.05 bits per heavy atom. The Hall–Kier alpha value is -2.02. The van der Waals surface area contributed by atoms with Crippen LogP contribution in [0.5, 0.6) is 0 Å². The Kier molecular flexibility index (Phi) is 3.75. The second-order valence-corrected chi connectivity index (χ2v) is 4.68. The van der Waals surface area contributed by atoms with Gasteiger partial charge in [-0.15, -0.1) is 0 Å². The topological polar surface area (TPSA) is 81.7 Å². The molecule has 2 aromatic heterocycles. The maximum atomic E-state index is 5.62. The van der Waals surface area contributed by atoms with Crippen LogP contribution in [0.25, 0.3) is 0 Å². The summed E-state index contributed by atoms with van der Waals surface area (Å²) in [6, 6.07) is 0. The van der Waals surface area contributed by atoms with Gasteiger partial charge in [0.25, 0.3) is 0 Å². The zero-order chi connectivity index (χ0) is 14.0. The standard InChI is InChI=1S/C12H16N6S/c1-7-9(8(2)18(3)17-7)6-16-12-10(11(13)19)14-4-5-15-12/h4-5H,6H2,1-3H3,(H2,13,19)(H,15,16). The Morgan fingerprint density at radius 3 is 2.63 bits per heavy atom. The molecular formula is C12H16N6S. The Bertz CT molecular complexity index is 619. The number of rotatable bonds is 4. The van der Waals surface area contributed by atoms with E-state index in [9.17, 15) is 0 Å². The van der Waals surface area contributed by atoms with Crippen molar-refractivity contribution in [3.05, 3.63) is 35.0 Å². The van der Waals surface area contributed by atoms with E-state index in [2.05, 4.69) is 20.4 Å². The van der Waals surface area contributed by atoms with Gasteiger partial charge in [0.05, 0.1) is 5.69 Å². The lowest BCUT2D eigenvalue weighted by Crippen LogP contribution is -2.16. The minimum Gasteiger partial charge on any atom is -0.388 e. The number of hydrogen-bond donors (Lipinski definition) is 2. The minimum absolute atomic E-state index is 0.232. The molecule has 2 rings (SSSR count). The third kappa shape index (κ3) is 2.70. The van der Waals surface area contributed by atoms with E-state index in [0.29, 0.717) is 18.1 Å². The molecule has 0 aromatic carbocycles. The first-order valence-electron chi connectivity index (χ1n) is 5.84. The first kappa shape index (κ1) is 13.4. The van der Waals surface area contributed by atoms with E-state index >= 15 is 0 Å². The van der Waals surface area contributed by atoms with Crippen LogP contribution < -0.4 is 11.1 Å². The van der Waals surface area contributed by atoms with Crippen molar-refractivity contribution in [1.82, 2.24) is 19.7 Å². The van der Waals surface area contributed by atoms with Crippen LogP contribution in [0.2, 0.25) is 0 Å². The summed E-state index contributed by atoms with van der Waals surface area (Å²) in [4.78, 5) is 8.57. The van der Waals surface area contributed by atoms with Crippen molar-refractivity contribution in [3.8, 4) is 0 Å².